The minimum absolute atomic E-state index is 0.0687. The Balaban J connectivity index is 1.31. The number of anilines is 1. The molecule has 150 valence electrons. The minimum Gasteiger partial charge on any atom is -0.474 e. The molecule has 29 heavy (non-hydrogen) atoms. The SMILES string of the molecule is Cn1cc(C(=O)N2CCN(c3ccc4ncnc(OC5CCC5)c4c3)CC2)nn1. The number of rotatable bonds is 4. The molecule has 2 aromatic heterocycles. The third-order valence-electron chi connectivity index (χ3n) is 5.67. The van der Waals surface area contributed by atoms with Crippen LogP contribution in [0.4, 0.5) is 5.69 Å². The summed E-state index contributed by atoms with van der Waals surface area (Å²) in [6, 6.07) is 6.18. The Morgan fingerprint density at radius 1 is 1.14 bits per heavy atom. The number of aromatic nitrogens is 5. The Bertz CT molecular complexity index is 1040. The summed E-state index contributed by atoms with van der Waals surface area (Å²) in [4.78, 5) is 25.4. The quantitative estimate of drug-likeness (QED) is 0.666. The number of piperazine rings is 1. The van der Waals surface area contributed by atoms with Crippen LogP contribution in [-0.2, 0) is 7.05 Å². The van der Waals surface area contributed by atoms with Crippen molar-refractivity contribution < 1.29 is 9.53 Å². The number of aryl methyl sites for hydroxylation is 1. The molecule has 1 saturated heterocycles. The lowest BCUT2D eigenvalue weighted by Crippen LogP contribution is -2.48. The third-order valence-corrected chi connectivity index (χ3v) is 5.67. The van der Waals surface area contributed by atoms with E-state index in [1.807, 2.05) is 11.0 Å². The molecule has 9 nitrogen and oxygen atoms in total. The van der Waals surface area contributed by atoms with E-state index in [-0.39, 0.29) is 12.0 Å². The number of amides is 1. The molecule has 3 heterocycles. The maximum Gasteiger partial charge on any atom is 0.276 e. The van der Waals surface area contributed by atoms with Crippen LogP contribution in [0.2, 0.25) is 0 Å². The van der Waals surface area contributed by atoms with E-state index in [4.69, 9.17) is 4.74 Å². The van der Waals surface area contributed by atoms with Gasteiger partial charge in [0.05, 0.1) is 17.1 Å². The zero-order chi connectivity index (χ0) is 19.8. The molecular formula is C20H23N7O2. The molecule has 1 aromatic carbocycles. The van der Waals surface area contributed by atoms with E-state index in [2.05, 4.69) is 37.3 Å². The molecule has 2 fully saturated rings. The lowest BCUT2D eigenvalue weighted by atomic mass is 9.96. The Morgan fingerprint density at radius 3 is 2.66 bits per heavy atom. The predicted molar refractivity (Wildman–Crippen MR) is 107 cm³/mol. The summed E-state index contributed by atoms with van der Waals surface area (Å²) in [5.41, 5.74) is 2.37. The van der Waals surface area contributed by atoms with Crippen LogP contribution >= 0.6 is 0 Å². The summed E-state index contributed by atoms with van der Waals surface area (Å²) >= 11 is 0. The fraction of sp³-hybridized carbons (Fsp3) is 0.450. The highest BCUT2D eigenvalue weighted by atomic mass is 16.5. The van der Waals surface area contributed by atoms with Gasteiger partial charge in [0.25, 0.3) is 5.91 Å². The number of carbonyl (C=O) groups excluding carboxylic acids is 1. The van der Waals surface area contributed by atoms with Crippen molar-refractivity contribution >= 4 is 22.5 Å². The van der Waals surface area contributed by atoms with Gasteiger partial charge in [0.15, 0.2) is 5.69 Å². The highest BCUT2D eigenvalue weighted by Gasteiger charge is 2.25. The third kappa shape index (κ3) is 3.48. The summed E-state index contributed by atoms with van der Waals surface area (Å²) in [6.07, 6.45) is 6.89. The summed E-state index contributed by atoms with van der Waals surface area (Å²) in [6.45, 7) is 2.79. The van der Waals surface area contributed by atoms with E-state index in [0.717, 1.165) is 42.5 Å². The molecule has 0 radical (unpaired) electrons. The second-order valence-corrected chi connectivity index (χ2v) is 7.61. The molecule has 1 amide bonds. The molecule has 9 heteroatoms. The van der Waals surface area contributed by atoms with Crippen LogP contribution in [0, 0.1) is 0 Å². The second kappa shape index (κ2) is 7.31. The van der Waals surface area contributed by atoms with Gasteiger partial charge < -0.3 is 14.5 Å². The zero-order valence-corrected chi connectivity index (χ0v) is 16.4. The normalized spacial score (nSPS) is 17.4. The molecule has 1 aliphatic carbocycles. The highest BCUT2D eigenvalue weighted by molar-refractivity contribution is 5.92. The number of ether oxygens (including phenoxy) is 1. The fourth-order valence-corrected chi connectivity index (χ4v) is 3.73. The number of hydrogen-bond donors (Lipinski definition) is 0. The molecule has 0 N–H and O–H groups in total. The maximum absolute atomic E-state index is 12.6. The van der Waals surface area contributed by atoms with Crippen LogP contribution in [-0.4, -0.2) is 68.1 Å². The van der Waals surface area contributed by atoms with Gasteiger partial charge in [-0.15, -0.1) is 5.10 Å². The smallest absolute Gasteiger partial charge is 0.276 e. The minimum atomic E-state index is -0.0687. The van der Waals surface area contributed by atoms with Gasteiger partial charge >= 0.3 is 0 Å². The number of carbonyl (C=O) groups is 1. The van der Waals surface area contributed by atoms with E-state index in [1.54, 1.807) is 24.3 Å². The zero-order valence-electron chi connectivity index (χ0n) is 16.4. The molecule has 2 aliphatic rings. The average molecular weight is 393 g/mol. The first-order valence-electron chi connectivity index (χ1n) is 9.99. The van der Waals surface area contributed by atoms with Crippen molar-refractivity contribution in [1.82, 2.24) is 29.9 Å². The second-order valence-electron chi connectivity index (χ2n) is 7.61. The van der Waals surface area contributed by atoms with E-state index in [0.29, 0.717) is 24.7 Å². The molecule has 0 unspecified atom stereocenters. The van der Waals surface area contributed by atoms with Crippen LogP contribution in [0.5, 0.6) is 5.88 Å². The Hall–Kier alpha value is -3.23. The van der Waals surface area contributed by atoms with Crippen LogP contribution in [0.25, 0.3) is 10.9 Å². The highest BCUT2D eigenvalue weighted by Crippen LogP contribution is 2.31. The van der Waals surface area contributed by atoms with Crippen molar-refractivity contribution in [2.24, 2.45) is 7.05 Å². The van der Waals surface area contributed by atoms with Crippen molar-refractivity contribution in [3.05, 3.63) is 36.4 Å². The van der Waals surface area contributed by atoms with Crippen LogP contribution in [0.15, 0.2) is 30.7 Å². The number of fused-ring (bicyclic) bond motifs is 1. The molecule has 0 spiro atoms. The van der Waals surface area contributed by atoms with E-state index in [1.165, 1.54) is 6.42 Å². The Morgan fingerprint density at radius 2 is 1.97 bits per heavy atom. The van der Waals surface area contributed by atoms with Gasteiger partial charge in [-0.25, -0.2) is 9.97 Å². The van der Waals surface area contributed by atoms with Crippen LogP contribution in [0.3, 0.4) is 0 Å². The summed E-state index contributed by atoms with van der Waals surface area (Å²) < 4.78 is 7.61. The Kier molecular flexibility index (Phi) is 4.49. The van der Waals surface area contributed by atoms with Crippen molar-refractivity contribution in [3.63, 3.8) is 0 Å². The first kappa shape index (κ1) is 17.8. The van der Waals surface area contributed by atoms with Crippen LogP contribution in [0.1, 0.15) is 29.8 Å². The summed E-state index contributed by atoms with van der Waals surface area (Å²) in [5, 5.41) is 8.72. The topological polar surface area (TPSA) is 89.3 Å². The van der Waals surface area contributed by atoms with E-state index >= 15 is 0 Å². The average Bonchev–Trinajstić information content (AvgIpc) is 3.16. The van der Waals surface area contributed by atoms with Crippen LogP contribution < -0.4 is 9.64 Å². The Labute approximate surface area is 168 Å². The van der Waals surface area contributed by atoms with Gasteiger partial charge in [0.1, 0.15) is 12.4 Å². The number of benzene rings is 1. The lowest BCUT2D eigenvalue weighted by Gasteiger charge is -2.36. The van der Waals surface area contributed by atoms with Gasteiger partial charge in [-0.2, -0.15) is 0 Å². The monoisotopic (exact) mass is 393 g/mol. The van der Waals surface area contributed by atoms with E-state index in [9.17, 15) is 4.79 Å². The molecule has 0 bridgehead atoms. The number of hydrogen-bond acceptors (Lipinski definition) is 7. The van der Waals surface area contributed by atoms with Gasteiger partial charge in [-0.05, 0) is 37.5 Å². The summed E-state index contributed by atoms with van der Waals surface area (Å²) in [7, 11) is 1.76. The molecule has 5 rings (SSSR count). The van der Waals surface area contributed by atoms with Gasteiger partial charge in [-0.3, -0.25) is 9.48 Å². The van der Waals surface area contributed by atoms with Crippen molar-refractivity contribution in [2.75, 3.05) is 31.1 Å². The van der Waals surface area contributed by atoms with E-state index < -0.39 is 0 Å². The predicted octanol–water partition coefficient (Wildman–Crippen LogP) is 1.65. The van der Waals surface area contributed by atoms with Crippen molar-refractivity contribution in [2.45, 2.75) is 25.4 Å². The summed E-state index contributed by atoms with van der Waals surface area (Å²) in [5.74, 6) is 0.596. The van der Waals surface area contributed by atoms with Gasteiger partial charge in [-0.1, -0.05) is 5.21 Å². The lowest BCUT2D eigenvalue weighted by molar-refractivity contribution is 0.0740. The van der Waals surface area contributed by atoms with Crippen molar-refractivity contribution in [3.8, 4) is 5.88 Å². The molecule has 0 atom stereocenters. The first-order chi connectivity index (χ1) is 14.2. The van der Waals surface area contributed by atoms with Gasteiger partial charge in [0, 0.05) is 38.9 Å². The van der Waals surface area contributed by atoms with Crippen molar-refractivity contribution in [1.29, 1.82) is 0 Å². The molecule has 1 aliphatic heterocycles. The molecular weight excluding hydrogens is 370 g/mol. The fourth-order valence-electron chi connectivity index (χ4n) is 3.73. The first-order valence-corrected chi connectivity index (χ1v) is 9.99. The largest absolute Gasteiger partial charge is 0.474 e. The standard InChI is InChI=1S/C20H23N7O2/c1-25-12-18(23-24-25)20(28)27-9-7-26(8-10-27)14-5-6-17-16(11-14)19(22-13-21-17)29-15-3-2-4-15/h5-6,11-13,15H,2-4,7-10H2,1H3. The molecule has 3 aromatic rings. The number of nitrogens with zero attached hydrogens (tertiary/aromatic N) is 7. The van der Waals surface area contributed by atoms with Gasteiger partial charge in [0.2, 0.25) is 5.88 Å². The molecule has 1 saturated carbocycles. The maximum atomic E-state index is 12.6.